The number of aryl methyl sites for hydroxylation is 2. The Morgan fingerprint density at radius 1 is 1.06 bits per heavy atom. The number of nitriles is 1. The van der Waals surface area contributed by atoms with Crippen LogP contribution in [0.3, 0.4) is 0 Å². The molecule has 4 rings (SSSR count). The van der Waals surface area contributed by atoms with Crippen LogP contribution in [0.1, 0.15) is 41.6 Å². The smallest absolute Gasteiger partial charge is 0.261 e. The predicted molar refractivity (Wildman–Crippen MR) is 134 cm³/mol. The maximum Gasteiger partial charge on any atom is 0.261 e. The molecular weight excluding hydrogens is 441 g/mol. The maximum absolute atomic E-state index is 14.0. The molecule has 6 heteroatoms. The monoisotopic (exact) mass is 467 g/mol. The van der Waals surface area contributed by atoms with Gasteiger partial charge in [-0.3, -0.25) is 9.36 Å². The van der Waals surface area contributed by atoms with Gasteiger partial charge in [0.1, 0.15) is 23.5 Å². The molecule has 0 atom stereocenters. The van der Waals surface area contributed by atoms with E-state index in [1.807, 2.05) is 61.5 Å². The van der Waals surface area contributed by atoms with Gasteiger partial charge in [-0.1, -0.05) is 49.7 Å². The van der Waals surface area contributed by atoms with Gasteiger partial charge in [0, 0.05) is 17.5 Å². The van der Waals surface area contributed by atoms with E-state index in [2.05, 4.69) is 6.92 Å². The molecule has 0 N–H and O–H groups in total. The molecule has 0 radical (unpaired) electrons. The lowest BCUT2D eigenvalue weighted by Gasteiger charge is -2.16. The number of hydrogen-bond donors (Lipinski definition) is 0. The number of hydrogen-bond acceptors (Lipinski definition) is 4. The Balaban J connectivity index is 1.73. The molecule has 0 saturated heterocycles. The van der Waals surface area contributed by atoms with Crippen LogP contribution in [0, 0.1) is 24.1 Å². The number of benzene rings is 3. The molecule has 176 valence electrons. The second kappa shape index (κ2) is 10.4. The van der Waals surface area contributed by atoms with Gasteiger partial charge < -0.3 is 4.74 Å². The first-order chi connectivity index (χ1) is 17.0. The fourth-order valence-corrected chi connectivity index (χ4v) is 4.26. The number of methoxy groups -OCH3 is 1. The molecule has 0 bridgehead atoms. The summed E-state index contributed by atoms with van der Waals surface area (Å²) in [6.45, 7) is 3.91. The largest absolute Gasteiger partial charge is 0.497 e. The van der Waals surface area contributed by atoms with Crippen molar-refractivity contribution in [2.24, 2.45) is 0 Å². The van der Waals surface area contributed by atoms with E-state index in [0.717, 1.165) is 28.9 Å². The lowest BCUT2D eigenvalue weighted by molar-refractivity contribution is 0.414. The molecule has 1 aromatic heterocycles. The van der Waals surface area contributed by atoms with Gasteiger partial charge in [0.25, 0.3) is 5.56 Å². The third-order valence-corrected chi connectivity index (χ3v) is 6.02. The van der Waals surface area contributed by atoms with E-state index in [0.29, 0.717) is 35.5 Å². The summed E-state index contributed by atoms with van der Waals surface area (Å²) < 4.78 is 20.9. The van der Waals surface area contributed by atoms with Gasteiger partial charge in [0.05, 0.1) is 24.1 Å². The fourth-order valence-electron chi connectivity index (χ4n) is 4.26. The summed E-state index contributed by atoms with van der Waals surface area (Å²) in [4.78, 5) is 18.5. The molecule has 35 heavy (non-hydrogen) atoms. The first-order valence-electron chi connectivity index (χ1n) is 11.5. The van der Waals surface area contributed by atoms with Crippen molar-refractivity contribution in [1.29, 1.82) is 5.26 Å². The number of aromatic nitrogens is 2. The standard InChI is InChI=1S/C29H26FN3O2/c1-4-6-28-25(29(34)33(19(2)32-28)22-13-15-23(35-3)16-14-22)17-20-9-11-21(12-10-20)24-7-5-8-27(30)26(24)18-31/h5,7-16H,4,6,17H2,1-3H3. The van der Waals surface area contributed by atoms with E-state index in [1.54, 1.807) is 23.8 Å². The van der Waals surface area contributed by atoms with Gasteiger partial charge in [-0.05, 0) is 54.8 Å². The molecule has 0 aliphatic heterocycles. The Morgan fingerprint density at radius 2 is 1.77 bits per heavy atom. The molecule has 3 aromatic carbocycles. The molecule has 5 nitrogen and oxygen atoms in total. The van der Waals surface area contributed by atoms with E-state index in [1.165, 1.54) is 6.07 Å². The van der Waals surface area contributed by atoms with Crippen molar-refractivity contribution < 1.29 is 9.13 Å². The van der Waals surface area contributed by atoms with Crippen molar-refractivity contribution in [3.05, 3.63) is 111 Å². The van der Waals surface area contributed by atoms with Crippen LogP contribution < -0.4 is 10.3 Å². The minimum absolute atomic E-state index is 0.0237. The highest BCUT2D eigenvalue weighted by molar-refractivity contribution is 5.71. The summed E-state index contributed by atoms with van der Waals surface area (Å²) in [5.41, 5.74) is 4.36. The highest BCUT2D eigenvalue weighted by atomic mass is 19.1. The molecule has 0 fully saturated rings. The summed E-state index contributed by atoms with van der Waals surface area (Å²) in [7, 11) is 1.60. The molecule has 0 aliphatic carbocycles. The van der Waals surface area contributed by atoms with Crippen molar-refractivity contribution in [1.82, 2.24) is 9.55 Å². The third kappa shape index (κ3) is 4.85. The van der Waals surface area contributed by atoms with Crippen LogP contribution in [-0.2, 0) is 12.8 Å². The Morgan fingerprint density at radius 3 is 2.40 bits per heavy atom. The van der Waals surface area contributed by atoms with Gasteiger partial charge in [-0.15, -0.1) is 0 Å². The van der Waals surface area contributed by atoms with E-state index in [4.69, 9.17) is 9.72 Å². The van der Waals surface area contributed by atoms with Crippen LogP contribution in [0.5, 0.6) is 5.75 Å². The van der Waals surface area contributed by atoms with E-state index < -0.39 is 5.82 Å². The van der Waals surface area contributed by atoms with Crippen LogP contribution in [0.15, 0.2) is 71.5 Å². The van der Waals surface area contributed by atoms with Crippen molar-refractivity contribution in [2.75, 3.05) is 7.11 Å². The van der Waals surface area contributed by atoms with Crippen LogP contribution >= 0.6 is 0 Å². The molecule has 0 spiro atoms. The topological polar surface area (TPSA) is 67.9 Å². The van der Waals surface area contributed by atoms with Gasteiger partial charge >= 0.3 is 0 Å². The first-order valence-corrected chi connectivity index (χ1v) is 11.5. The zero-order chi connectivity index (χ0) is 24.9. The van der Waals surface area contributed by atoms with Gasteiger partial charge in [-0.25, -0.2) is 9.37 Å². The fraction of sp³-hybridized carbons (Fsp3) is 0.207. The SMILES string of the molecule is CCCc1nc(C)n(-c2ccc(OC)cc2)c(=O)c1Cc1ccc(-c2cccc(F)c2C#N)cc1. The number of ether oxygens (including phenoxy) is 1. The minimum Gasteiger partial charge on any atom is -0.497 e. The van der Waals surface area contributed by atoms with Crippen LogP contribution in [0.2, 0.25) is 0 Å². The number of halogens is 1. The van der Waals surface area contributed by atoms with Crippen molar-refractivity contribution in [3.8, 4) is 28.6 Å². The molecule has 0 saturated carbocycles. The zero-order valence-corrected chi connectivity index (χ0v) is 20.0. The molecule has 0 amide bonds. The van der Waals surface area contributed by atoms with Gasteiger partial charge in [0.15, 0.2) is 0 Å². The van der Waals surface area contributed by atoms with Crippen LogP contribution in [-0.4, -0.2) is 16.7 Å². The summed E-state index contributed by atoms with van der Waals surface area (Å²) >= 11 is 0. The Labute approximate surface area is 204 Å². The molecule has 0 aliphatic rings. The summed E-state index contributed by atoms with van der Waals surface area (Å²) in [5, 5.41) is 9.35. The normalized spacial score (nSPS) is 10.7. The Hall–Kier alpha value is -4.24. The van der Waals surface area contributed by atoms with E-state index in [-0.39, 0.29) is 11.1 Å². The molecular formula is C29H26FN3O2. The summed E-state index contributed by atoms with van der Waals surface area (Å²) in [5.74, 6) is 0.814. The minimum atomic E-state index is -0.539. The highest BCUT2D eigenvalue weighted by Crippen LogP contribution is 2.26. The van der Waals surface area contributed by atoms with Crippen molar-refractivity contribution >= 4 is 0 Å². The quantitative estimate of drug-likeness (QED) is 0.346. The maximum atomic E-state index is 14.0. The van der Waals surface area contributed by atoms with E-state index in [9.17, 15) is 14.4 Å². The summed E-state index contributed by atoms with van der Waals surface area (Å²) in [6.07, 6.45) is 2.01. The Bertz CT molecular complexity index is 1450. The second-order valence-electron chi connectivity index (χ2n) is 8.32. The zero-order valence-electron chi connectivity index (χ0n) is 20.0. The predicted octanol–water partition coefficient (Wildman–Crippen LogP) is 5.77. The summed E-state index contributed by atoms with van der Waals surface area (Å²) in [6, 6.07) is 21.4. The van der Waals surface area contributed by atoms with Gasteiger partial charge in [0.2, 0.25) is 0 Å². The second-order valence-corrected chi connectivity index (χ2v) is 8.32. The van der Waals surface area contributed by atoms with Crippen LogP contribution in [0.25, 0.3) is 16.8 Å². The average molecular weight is 468 g/mol. The molecule has 4 aromatic rings. The van der Waals surface area contributed by atoms with Crippen LogP contribution in [0.4, 0.5) is 4.39 Å². The highest BCUT2D eigenvalue weighted by Gasteiger charge is 2.17. The Kier molecular flexibility index (Phi) is 7.07. The molecule has 0 unspecified atom stereocenters. The first kappa shape index (κ1) is 23.9. The van der Waals surface area contributed by atoms with Crippen molar-refractivity contribution in [3.63, 3.8) is 0 Å². The van der Waals surface area contributed by atoms with Crippen molar-refractivity contribution in [2.45, 2.75) is 33.1 Å². The van der Waals surface area contributed by atoms with Gasteiger partial charge in [-0.2, -0.15) is 5.26 Å². The molecule has 1 heterocycles. The number of nitrogens with zero attached hydrogens (tertiary/aromatic N) is 3. The number of rotatable bonds is 7. The lowest BCUT2D eigenvalue weighted by Crippen LogP contribution is -2.28. The third-order valence-electron chi connectivity index (χ3n) is 6.02. The van der Waals surface area contributed by atoms with E-state index >= 15 is 0 Å². The lowest BCUT2D eigenvalue weighted by atomic mass is 9.96. The average Bonchev–Trinajstić information content (AvgIpc) is 2.87.